The molecule has 0 spiro atoms. The highest BCUT2D eigenvalue weighted by Gasteiger charge is 2.18. The van der Waals surface area contributed by atoms with E-state index in [1.54, 1.807) is 24.3 Å². The van der Waals surface area contributed by atoms with Crippen LogP contribution in [0.5, 0.6) is 0 Å². The number of nitrogens with zero attached hydrogens (tertiary/aromatic N) is 1. The van der Waals surface area contributed by atoms with Crippen LogP contribution in [0.1, 0.15) is 28.4 Å². The standard InChI is InChI=1S/C19H15NO3/c1-14-7-3-4-8-15(14)11-12-18(23-19(21)22-2)17-10-6-5-9-16(17)13-20/h3-10,18H,1-2H3. The molecule has 2 aromatic rings. The molecule has 0 heterocycles. The summed E-state index contributed by atoms with van der Waals surface area (Å²) in [6.07, 6.45) is -1.72. The second kappa shape index (κ2) is 7.68. The fourth-order valence-corrected chi connectivity index (χ4v) is 2.00. The van der Waals surface area contributed by atoms with Gasteiger partial charge in [0, 0.05) is 11.1 Å². The first kappa shape index (κ1) is 16.1. The number of carbonyl (C=O) groups is 1. The van der Waals surface area contributed by atoms with Crippen molar-refractivity contribution in [3.8, 4) is 17.9 Å². The van der Waals surface area contributed by atoms with Gasteiger partial charge in [-0.1, -0.05) is 42.3 Å². The Labute approximate surface area is 135 Å². The minimum absolute atomic E-state index is 0.403. The van der Waals surface area contributed by atoms with Crippen molar-refractivity contribution in [1.82, 2.24) is 0 Å². The number of benzene rings is 2. The van der Waals surface area contributed by atoms with E-state index in [4.69, 9.17) is 4.74 Å². The average molecular weight is 305 g/mol. The summed E-state index contributed by atoms with van der Waals surface area (Å²) >= 11 is 0. The van der Waals surface area contributed by atoms with Crippen LogP contribution in [0.2, 0.25) is 0 Å². The Morgan fingerprint density at radius 1 is 1.09 bits per heavy atom. The Hall–Kier alpha value is -3.24. The first-order valence-corrected chi connectivity index (χ1v) is 6.96. The predicted octanol–water partition coefficient (Wildman–Crippen LogP) is 3.74. The Kier molecular flexibility index (Phi) is 5.39. The summed E-state index contributed by atoms with van der Waals surface area (Å²) in [6.45, 7) is 1.95. The molecule has 4 nitrogen and oxygen atoms in total. The summed E-state index contributed by atoms with van der Waals surface area (Å²) in [4.78, 5) is 11.5. The normalized spacial score (nSPS) is 10.7. The molecule has 0 aromatic heterocycles. The van der Waals surface area contributed by atoms with Crippen molar-refractivity contribution in [1.29, 1.82) is 5.26 Å². The van der Waals surface area contributed by atoms with Gasteiger partial charge in [0.2, 0.25) is 0 Å². The van der Waals surface area contributed by atoms with Crippen molar-refractivity contribution < 1.29 is 14.3 Å². The van der Waals surface area contributed by atoms with E-state index in [2.05, 4.69) is 22.6 Å². The lowest BCUT2D eigenvalue weighted by Gasteiger charge is -2.13. The summed E-state index contributed by atoms with van der Waals surface area (Å²) in [5, 5.41) is 9.22. The number of hydrogen-bond donors (Lipinski definition) is 0. The summed E-state index contributed by atoms with van der Waals surface area (Å²) in [5.41, 5.74) is 2.78. The van der Waals surface area contributed by atoms with E-state index < -0.39 is 12.3 Å². The molecule has 2 rings (SSSR count). The third-order valence-corrected chi connectivity index (χ3v) is 3.23. The number of methoxy groups -OCH3 is 1. The van der Waals surface area contributed by atoms with Crippen LogP contribution < -0.4 is 0 Å². The molecule has 1 unspecified atom stereocenters. The van der Waals surface area contributed by atoms with E-state index in [1.165, 1.54) is 7.11 Å². The third-order valence-electron chi connectivity index (χ3n) is 3.23. The molecular weight excluding hydrogens is 290 g/mol. The monoisotopic (exact) mass is 305 g/mol. The summed E-state index contributed by atoms with van der Waals surface area (Å²) in [6, 6.07) is 16.6. The maximum absolute atomic E-state index is 11.5. The SMILES string of the molecule is COC(=O)OC(C#Cc1ccccc1C)c1ccccc1C#N. The van der Waals surface area contributed by atoms with Gasteiger partial charge in [-0.25, -0.2) is 4.79 Å². The lowest BCUT2D eigenvalue weighted by atomic mass is 10.0. The van der Waals surface area contributed by atoms with E-state index in [0.29, 0.717) is 11.1 Å². The van der Waals surface area contributed by atoms with Crippen molar-refractivity contribution >= 4 is 6.16 Å². The molecule has 0 bridgehead atoms. The van der Waals surface area contributed by atoms with E-state index >= 15 is 0 Å². The molecule has 2 aromatic carbocycles. The number of hydrogen-bond acceptors (Lipinski definition) is 4. The van der Waals surface area contributed by atoms with Gasteiger partial charge in [-0.2, -0.15) is 5.26 Å². The molecule has 23 heavy (non-hydrogen) atoms. The number of rotatable bonds is 2. The van der Waals surface area contributed by atoms with Crippen molar-refractivity contribution in [3.05, 3.63) is 70.8 Å². The maximum Gasteiger partial charge on any atom is 0.509 e. The first-order valence-electron chi connectivity index (χ1n) is 6.96. The van der Waals surface area contributed by atoms with Crippen LogP contribution >= 0.6 is 0 Å². The second-order valence-corrected chi connectivity index (χ2v) is 4.74. The van der Waals surface area contributed by atoms with Gasteiger partial charge in [0.25, 0.3) is 0 Å². The zero-order valence-corrected chi connectivity index (χ0v) is 12.9. The summed E-state index contributed by atoms with van der Waals surface area (Å²) in [7, 11) is 1.23. The molecule has 4 heteroatoms. The molecule has 0 saturated heterocycles. The minimum atomic E-state index is -0.877. The van der Waals surface area contributed by atoms with Crippen LogP contribution in [0.25, 0.3) is 0 Å². The van der Waals surface area contributed by atoms with Gasteiger partial charge in [0.05, 0.1) is 18.7 Å². The largest absolute Gasteiger partial charge is 0.509 e. The second-order valence-electron chi connectivity index (χ2n) is 4.74. The maximum atomic E-state index is 11.5. The van der Waals surface area contributed by atoms with Crippen molar-refractivity contribution in [2.75, 3.05) is 7.11 Å². The Bertz CT molecular complexity index is 809. The van der Waals surface area contributed by atoms with Gasteiger partial charge in [0.15, 0.2) is 6.10 Å². The molecule has 114 valence electrons. The fourth-order valence-electron chi connectivity index (χ4n) is 2.00. The fraction of sp³-hybridized carbons (Fsp3) is 0.158. The number of aryl methyl sites for hydroxylation is 1. The predicted molar refractivity (Wildman–Crippen MR) is 85.4 cm³/mol. The molecule has 0 aliphatic rings. The zero-order valence-electron chi connectivity index (χ0n) is 12.9. The quantitative estimate of drug-likeness (QED) is 0.626. The van der Waals surface area contributed by atoms with E-state index in [9.17, 15) is 10.1 Å². The van der Waals surface area contributed by atoms with Crippen molar-refractivity contribution in [3.63, 3.8) is 0 Å². The number of ether oxygens (including phenoxy) is 2. The van der Waals surface area contributed by atoms with Gasteiger partial charge in [-0.05, 0) is 30.5 Å². The lowest BCUT2D eigenvalue weighted by Crippen LogP contribution is -2.11. The van der Waals surface area contributed by atoms with E-state index in [0.717, 1.165) is 11.1 Å². The van der Waals surface area contributed by atoms with E-state index in [1.807, 2.05) is 31.2 Å². The molecule has 0 radical (unpaired) electrons. The highest BCUT2D eigenvalue weighted by molar-refractivity contribution is 5.61. The highest BCUT2D eigenvalue weighted by atomic mass is 16.7. The smallest absolute Gasteiger partial charge is 0.438 e. The zero-order chi connectivity index (χ0) is 16.7. The summed E-state index contributed by atoms with van der Waals surface area (Å²) in [5.74, 6) is 5.91. The van der Waals surface area contributed by atoms with Crippen LogP contribution in [-0.4, -0.2) is 13.3 Å². The van der Waals surface area contributed by atoms with Crippen LogP contribution in [0, 0.1) is 30.1 Å². The van der Waals surface area contributed by atoms with Gasteiger partial charge in [-0.3, -0.25) is 0 Å². The summed E-state index contributed by atoms with van der Waals surface area (Å²) < 4.78 is 9.74. The molecule has 0 amide bonds. The Balaban J connectivity index is 2.42. The number of carbonyl (C=O) groups excluding carboxylic acids is 1. The van der Waals surface area contributed by atoms with Gasteiger partial charge in [-0.15, -0.1) is 0 Å². The molecule has 0 saturated carbocycles. The van der Waals surface area contributed by atoms with Crippen LogP contribution in [0.4, 0.5) is 4.79 Å². The Morgan fingerprint density at radius 2 is 1.74 bits per heavy atom. The van der Waals surface area contributed by atoms with Gasteiger partial charge in [0.1, 0.15) is 0 Å². The van der Waals surface area contributed by atoms with E-state index in [-0.39, 0.29) is 0 Å². The number of nitriles is 1. The topological polar surface area (TPSA) is 59.3 Å². The third kappa shape index (κ3) is 4.12. The molecule has 0 fully saturated rings. The van der Waals surface area contributed by atoms with Crippen molar-refractivity contribution in [2.24, 2.45) is 0 Å². The molecule has 0 N–H and O–H groups in total. The molecule has 0 aliphatic carbocycles. The van der Waals surface area contributed by atoms with Crippen LogP contribution in [0.15, 0.2) is 48.5 Å². The Morgan fingerprint density at radius 3 is 2.39 bits per heavy atom. The lowest BCUT2D eigenvalue weighted by molar-refractivity contribution is 0.0549. The molecular formula is C19H15NO3. The highest BCUT2D eigenvalue weighted by Crippen LogP contribution is 2.21. The van der Waals surface area contributed by atoms with Crippen LogP contribution in [0.3, 0.4) is 0 Å². The minimum Gasteiger partial charge on any atom is -0.438 e. The van der Waals surface area contributed by atoms with Crippen molar-refractivity contribution in [2.45, 2.75) is 13.0 Å². The van der Waals surface area contributed by atoms with Gasteiger partial charge >= 0.3 is 6.16 Å². The van der Waals surface area contributed by atoms with Crippen LogP contribution in [-0.2, 0) is 9.47 Å². The molecule has 0 aliphatic heterocycles. The average Bonchev–Trinajstić information content (AvgIpc) is 2.59. The first-order chi connectivity index (χ1) is 11.2. The van der Waals surface area contributed by atoms with Gasteiger partial charge < -0.3 is 9.47 Å². The molecule has 1 atom stereocenters.